The summed E-state index contributed by atoms with van der Waals surface area (Å²) in [5.74, 6) is 0. The molecule has 0 radical (unpaired) electrons. The summed E-state index contributed by atoms with van der Waals surface area (Å²) in [4.78, 5) is 0. The standard InChI is InChI=1S/Al.BH2.Ba.H3Si.V.Zn.5H/h;1H2;;1H3;;;;;;;/q;+1;;;-1;;;;;;. The topological polar surface area (TPSA) is 0 Å². The van der Waals surface area contributed by atoms with E-state index in [1.165, 1.54) is 8.62 Å². The molecule has 0 aromatic heterocycles. The molecule has 0 rings (SSSR count). The fourth-order valence-electron chi connectivity index (χ4n) is 0. The molecule has 0 amide bonds. The fraction of sp³-hybridized carbons (Fsp3) is 0. The van der Waals surface area contributed by atoms with E-state index < -0.39 is 0 Å². The van der Waals surface area contributed by atoms with Gasteiger partial charge in [0.05, 0.1) is 0 Å². The van der Waals surface area contributed by atoms with Crippen molar-refractivity contribution in [2.24, 2.45) is 0 Å². The van der Waals surface area contributed by atoms with Gasteiger partial charge in [0.1, 0.15) is 0 Å². The van der Waals surface area contributed by atoms with E-state index in [9.17, 15) is 0 Å². The molecule has 0 nitrogen and oxygen atoms in total. The smallest absolute Gasteiger partial charge is 0 e. The molecule has 0 fully saturated rings. The second-order valence-corrected chi connectivity index (χ2v) is 5.53. The Labute approximate surface area is 113 Å². The molecule has 0 aliphatic carbocycles. The molecule has 0 saturated carbocycles. The SMILES string of the molecule is [AlH3].[BH2][V][SiH3].[BaH2].[Zn]. The van der Waals surface area contributed by atoms with Gasteiger partial charge in [-0.05, 0) is 0 Å². The van der Waals surface area contributed by atoms with Gasteiger partial charge in [0.25, 0.3) is 0 Å². The fourth-order valence-corrected chi connectivity index (χ4v) is 0. The molecule has 0 spiro atoms. The molecule has 0 aromatic carbocycles. The average molecular weight is 330 g/mol. The Morgan fingerprint density at radius 1 is 1.50 bits per heavy atom. The maximum atomic E-state index is 2.28. The number of rotatable bonds is 0. The summed E-state index contributed by atoms with van der Waals surface area (Å²) in [6, 6.07) is 0. The van der Waals surface area contributed by atoms with Gasteiger partial charge >= 0.3 is 79.4 Å². The Bertz CT molecular complexity index is 15.5. The summed E-state index contributed by atoms with van der Waals surface area (Å²) >= 11 is 0.826. The van der Waals surface area contributed by atoms with Gasteiger partial charge in [0.15, 0.2) is 17.4 Å². The maximum Gasteiger partial charge on any atom is 0 e. The predicted molar refractivity (Wildman–Crippen MR) is 37.0 cm³/mol. The Morgan fingerprint density at radius 2 is 1.50 bits per heavy atom. The van der Waals surface area contributed by atoms with Gasteiger partial charge in [-0.2, -0.15) is 0 Å². The molecule has 29 valence electrons. The molecule has 0 heterocycles. The second kappa shape index (κ2) is 23.5. The molecule has 0 bridgehead atoms. The molecule has 0 N–H and O–H groups in total. The molecule has 0 aromatic rings. The first-order valence-electron chi connectivity index (χ1n) is 0.894. The Morgan fingerprint density at radius 3 is 1.50 bits per heavy atom. The van der Waals surface area contributed by atoms with Crippen LogP contribution in [0.2, 0.25) is 0 Å². The van der Waals surface area contributed by atoms with Gasteiger partial charge in [-0.15, -0.1) is 0 Å². The third kappa shape index (κ3) is 25.6. The van der Waals surface area contributed by atoms with Crippen LogP contribution in [0.5, 0.6) is 0 Å². The van der Waals surface area contributed by atoms with Gasteiger partial charge in [-0.1, -0.05) is 0 Å². The molecular weight excluding hydrogens is 320 g/mol. The van der Waals surface area contributed by atoms with Gasteiger partial charge in [-0.3, -0.25) is 0 Å². The summed E-state index contributed by atoms with van der Waals surface area (Å²) < 4.78 is 0. The van der Waals surface area contributed by atoms with E-state index in [1.807, 2.05) is 0 Å². The van der Waals surface area contributed by atoms with Crippen molar-refractivity contribution in [3.63, 3.8) is 0 Å². The Hall–Kier alpha value is 3.59. The van der Waals surface area contributed by atoms with Crippen LogP contribution in [0.3, 0.4) is 0 Å². The Kier molecular flexibility index (Phi) is 88.6. The summed E-state index contributed by atoms with van der Waals surface area (Å²) in [7, 11) is 1.46. The van der Waals surface area contributed by atoms with Crippen molar-refractivity contribution >= 4 is 81.3 Å². The first-order chi connectivity index (χ1) is 1.41. The molecule has 0 aliphatic heterocycles. The van der Waals surface area contributed by atoms with Gasteiger partial charge in [0, 0.05) is 19.5 Å². The molecule has 0 saturated heterocycles. The molecule has 6 heteroatoms. The average Bonchev–Trinajstić information content (AvgIpc) is 0.918. The van der Waals surface area contributed by atoms with Gasteiger partial charge in [0.2, 0.25) is 0 Å². The van der Waals surface area contributed by atoms with Crippen LogP contribution in [0.15, 0.2) is 0 Å². The first-order valence-corrected chi connectivity index (χ1v) is 7.38. The van der Waals surface area contributed by atoms with Crippen molar-refractivity contribution in [1.29, 1.82) is 0 Å². The second-order valence-electron chi connectivity index (χ2n) is 0.447. The summed E-state index contributed by atoms with van der Waals surface area (Å²) in [6.45, 7) is 2.28. The van der Waals surface area contributed by atoms with Gasteiger partial charge in [-0.25, -0.2) is 0 Å². The first kappa shape index (κ1) is 22.6. The van der Waals surface area contributed by atoms with E-state index in [0.29, 0.717) is 0 Å². The quantitative estimate of drug-likeness (QED) is 0.396. The van der Waals surface area contributed by atoms with Crippen molar-refractivity contribution in [1.82, 2.24) is 0 Å². The van der Waals surface area contributed by atoms with Crippen LogP contribution in [0.4, 0.5) is 0 Å². The Balaban J connectivity index is -0.00000000667. The van der Waals surface area contributed by atoms with E-state index in [1.54, 1.807) is 0 Å². The van der Waals surface area contributed by atoms with E-state index in [0.717, 1.165) is 15.4 Å². The van der Waals surface area contributed by atoms with Crippen LogP contribution in [0.25, 0.3) is 0 Å². The monoisotopic (exact) mass is 329 g/mol. The van der Waals surface area contributed by atoms with E-state index in [-0.39, 0.29) is 85.7 Å². The zero-order valence-corrected chi connectivity index (χ0v) is 9.52. The third-order valence-corrected chi connectivity index (χ3v) is 0. The third-order valence-electron chi connectivity index (χ3n) is 0. The van der Waals surface area contributed by atoms with E-state index >= 15 is 0 Å². The zero-order chi connectivity index (χ0) is 2.71. The summed E-state index contributed by atoms with van der Waals surface area (Å²) in [5.41, 5.74) is 0. The van der Waals surface area contributed by atoms with Crippen molar-refractivity contribution in [2.45, 2.75) is 0 Å². The largest absolute Gasteiger partial charge is 0 e. The minimum atomic E-state index is 0. The normalized spacial score (nSPS) is 2.67. The number of hydrogen-bond donors (Lipinski definition) is 0. The minimum absolute atomic E-state index is 0. The van der Waals surface area contributed by atoms with E-state index in [4.69, 9.17) is 0 Å². The van der Waals surface area contributed by atoms with Crippen LogP contribution >= 0.6 is 0 Å². The minimum Gasteiger partial charge on any atom is 0 e. The van der Waals surface area contributed by atoms with Crippen molar-refractivity contribution < 1.29 is 34.9 Å². The van der Waals surface area contributed by atoms with Crippen LogP contribution < -0.4 is 0 Å². The molecule has 0 atom stereocenters. The van der Waals surface area contributed by atoms with Crippen LogP contribution in [0, 0.1) is 0 Å². The molecular formula is H10AlBBaSiVZn. The molecule has 0 unspecified atom stereocenters. The van der Waals surface area contributed by atoms with Crippen LogP contribution in [0.1, 0.15) is 0 Å². The van der Waals surface area contributed by atoms with E-state index in [2.05, 4.69) is 6.46 Å². The molecule has 6 heavy (non-hydrogen) atoms. The number of hydrogen-bond acceptors (Lipinski definition) is 0. The van der Waals surface area contributed by atoms with Crippen molar-refractivity contribution in [2.75, 3.05) is 0 Å². The maximum absolute atomic E-state index is 2.28. The summed E-state index contributed by atoms with van der Waals surface area (Å²) in [5, 5.41) is 0. The molecule has 0 aliphatic rings. The zero-order valence-electron chi connectivity index (χ0n) is 3.15. The predicted octanol–water partition coefficient (Wildman–Crippen LogP) is -4.21. The van der Waals surface area contributed by atoms with Crippen molar-refractivity contribution in [3.05, 3.63) is 0 Å². The van der Waals surface area contributed by atoms with Crippen LogP contribution in [-0.2, 0) is 34.9 Å². The van der Waals surface area contributed by atoms with Gasteiger partial charge < -0.3 is 0 Å². The van der Waals surface area contributed by atoms with Crippen molar-refractivity contribution in [3.8, 4) is 0 Å². The van der Waals surface area contributed by atoms with Crippen LogP contribution in [-0.4, -0.2) is 81.3 Å². The summed E-state index contributed by atoms with van der Waals surface area (Å²) in [6.07, 6.45) is 0.